The van der Waals surface area contributed by atoms with Crippen LogP contribution in [0.2, 0.25) is 0 Å². The van der Waals surface area contributed by atoms with E-state index in [1.165, 1.54) is 16.2 Å². The van der Waals surface area contributed by atoms with Gasteiger partial charge in [-0.2, -0.15) is 78.2 Å². The molecule has 0 heterocycles. The van der Waals surface area contributed by atoms with Crippen LogP contribution in [0.25, 0.3) is 43.8 Å². The third kappa shape index (κ3) is 4.36. The largest absolute Gasteiger partial charge is 0.226 e. The van der Waals surface area contributed by atoms with E-state index in [4.69, 9.17) is 0 Å². The van der Waals surface area contributed by atoms with Crippen molar-refractivity contribution in [1.29, 1.82) is 0 Å². The molecule has 0 atom stereocenters. The van der Waals surface area contributed by atoms with Crippen LogP contribution in [0.5, 0.6) is 0 Å². The Labute approximate surface area is 216 Å². The molecule has 28 heavy (non-hydrogen) atoms. The third-order valence-corrected chi connectivity index (χ3v) is 4.67. The molecular formula is C26H14Y2-4. The maximum atomic E-state index is 3.39. The molecule has 2 radical (unpaired) electrons. The van der Waals surface area contributed by atoms with E-state index in [0.29, 0.717) is 0 Å². The average molecular weight is 504 g/mol. The summed E-state index contributed by atoms with van der Waals surface area (Å²) in [6.45, 7) is 0. The van der Waals surface area contributed by atoms with Gasteiger partial charge in [-0.25, -0.2) is 22.3 Å². The van der Waals surface area contributed by atoms with Crippen LogP contribution in [0, 0.1) is 24.3 Å². The van der Waals surface area contributed by atoms with Crippen molar-refractivity contribution in [3.63, 3.8) is 0 Å². The summed E-state index contributed by atoms with van der Waals surface area (Å²) in [5, 5.41) is 4.73. The molecule has 0 aromatic heterocycles. The Kier molecular flexibility index (Phi) is 7.35. The molecule has 0 nitrogen and oxygen atoms in total. The van der Waals surface area contributed by atoms with E-state index < -0.39 is 0 Å². The van der Waals surface area contributed by atoms with E-state index in [-0.39, 0.29) is 65.4 Å². The van der Waals surface area contributed by atoms with Crippen molar-refractivity contribution in [1.82, 2.24) is 0 Å². The number of hydrogen-bond acceptors (Lipinski definition) is 0. The zero-order valence-corrected chi connectivity index (χ0v) is 20.9. The Morgan fingerprint density at radius 2 is 0.964 bits per heavy atom. The van der Waals surface area contributed by atoms with Gasteiger partial charge in [-0.15, -0.1) is 28.3 Å². The Hall–Kier alpha value is -1.17. The smallest absolute Gasteiger partial charge is 0 e. The van der Waals surface area contributed by atoms with Gasteiger partial charge in [0.2, 0.25) is 0 Å². The van der Waals surface area contributed by atoms with Crippen LogP contribution in [0.15, 0.2) is 84.9 Å². The van der Waals surface area contributed by atoms with Gasteiger partial charge in [0, 0.05) is 65.4 Å². The van der Waals surface area contributed by atoms with Crippen molar-refractivity contribution in [2.75, 3.05) is 0 Å². The van der Waals surface area contributed by atoms with Crippen molar-refractivity contribution in [2.24, 2.45) is 0 Å². The molecule has 0 N–H and O–H groups in total. The van der Waals surface area contributed by atoms with E-state index in [0.717, 1.165) is 27.6 Å². The molecular weight excluding hydrogens is 490 g/mol. The van der Waals surface area contributed by atoms with Gasteiger partial charge in [0.05, 0.1) is 0 Å². The first kappa shape index (κ1) is 21.5. The molecule has 0 unspecified atom stereocenters. The molecule has 0 aliphatic carbocycles. The molecule has 0 saturated carbocycles. The monoisotopic (exact) mass is 504 g/mol. The van der Waals surface area contributed by atoms with Gasteiger partial charge in [-0.05, 0) is 0 Å². The second-order valence-corrected chi connectivity index (χ2v) is 6.36. The van der Waals surface area contributed by atoms with Crippen molar-refractivity contribution in [3.8, 4) is 22.3 Å². The fraction of sp³-hybridized carbons (Fsp3) is 0. The number of fused-ring (bicyclic) bond motifs is 2. The van der Waals surface area contributed by atoms with E-state index in [1.54, 1.807) is 0 Å². The van der Waals surface area contributed by atoms with Gasteiger partial charge in [0.15, 0.2) is 0 Å². The van der Waals surface area contributed by atoms with E-state index in [1.807, 2.05) is 36.4 Å². The standard InChI is InChI=1S/C26H14.2Y/c1-2-6-19(7-3-1)23-13-11-21-12-15-25(18-26(21)17-23)24-14-10-20-8-4-5-9-22(20)16-24;;/h1-6,8-12,16-18H;;/q-4;;. The zero-order chi connectivity index (χ0) is 17.3. The normalized spacial score (nSPS) is 10.3. The minimum Gasteiger partial charge on any atom is -0.226 e. The minimum atomic E-state index is 0. The van der Waals surface area contributed by atoms with E-state index in [9.17, 15) is 0 Å². The Bertz CT molecular complexity index is 1230. The van der Waals surface area contributed by atoms with Crippen molar-refractivity contribution in [2.45, 2.75) is 0 Å². The van der Waals surface area contributed by atoms with Crippen LogP contribution in [-0.4, -0.2) is 0 Å². The molecule has 2 heteroatoms. The molecule has 0 fully saturated rings. The first-order valence-corrected chi connectivity index (χ1v) is 8.62. The quantitative estimate of drug-likeness (QED) is 0.240. The molecule has 0 bridgehead atoms. The van der Waals surface area contributed by atoms with Crippen LogP contribution >= 0.6 is 0 Å². The summed E-state index contributed by atoms with van der Waals surface area (Å²) in [4.78, 5) is 0. The molecule has 0 aliphatic rings. The van der Waals surface area contributed by atoms with Gasteiger partial charge in [-0.1, -0.05) is 24.3 Å². The SMILES string of the molecule is [Y].[Y].[c-]1ccccc1-c1[c-]cc2c[c-]c(-c3[c-]cc4ccccc4c3)cc2c1. The van der Waals surface area contributed by atoms with Gasteiger partial charge < -0.3 is 0 Å². The van der Waals surface area contributed by atoms with Crippen LogP contribution in [0.3, 0.4) is 0 Å². The van der Waals surface area contributed by atoms with E-state index >= 15 is 0 Å². The molecule has 0 saturated heterocycles. The number of hydrogen-bond donors (Lipinski definition) is 0. The van der Waals surface area contributed by atoms with Gasteiger partial charge in [0.1, 0.15) is 0 Å². The second kappa shape index (κ2) is 9.55. The molecule has 0 aliphatic heterocycles. The summed E-state index contributed by atoms with van der Waals surface area (Å²) >= 11 is 0. The predicted molar refractivity (Wildman–Crippen MR) is 108 cm³/mol. The second-order valence-electron chi connectivity index (χ2n) is 6.36. The van der Waals surface area contributed by atoms with Crippen LogP contribution in [0.1, 0.15) is 0 Å². The Morgan fingerprint density at radius 1 is 0.429 bits per heavy atom. The summed E-state index contributed by atoms with van der Waals surface area (Å²) in [6, 6.07) is 42.4. The molecule has 5 rings (SSSR count). The maximum Gasteiger partial charge on any atom is 0 e. The summed E-state index contributed by atoms with van der Waals surface area (Å²) in [6.07, 6.45) is 0. The topological polar surface area (TPSA) is 0 Å². The Balaban J connectivity index is 0.00000112. The van der Waals surface area contributed by atoms with Crippen LogP contribution in [0.4, 0.5) is 0 Å². The average Bonchev–Trinajstić information content (AvgIpc) is 2.73. The fourth-order valence-electron chi connectivity index (χ4n) is 3.28. The van der Waals surface area contributed by atoms with Crippen LogP contribution < -0.4 is 0 Å². The number of benzene rings is 5. The van der Waals surface area contributed by atoms with E-state index in [2.05, 4.69) is 72.8 Å². The summed E-state index contributed by atoms with van der Waals surface area (Å²) < 4.78 is 0. The predicted octanol–water partition coefficient (Wildman–Crippen LogP) is 6.52. The maximum absolute atomic E-state index is 3.39. The molecule has 0 amide bonds. The van der Waals surface area contributed by atoms with Gasteiger partial charge in [-0.3, -0.25) is 0 Å². The van der Waals surface area contributed by atoms with Crippen molar-refractivity contribution in [3.05, 3.63) is 109 Å². The third-order valence-electron chi connectivity index (χ3n) is 4.67. The minimum absolute atomic E-state index is 0. The van der Waals surface area contributed by atoms with Gasteiger partial charge in [0.25, 0.3) is 0 Å². The first-order chi connectivity index (χ1) is 12.9. The number of rotatable bonds is 2. The summed E-state index contributed by atoms with van der Waals surface area (Å²) in [5.74, 6) is 0. The molecule has 128 valence electrons. The summed E-state index contributed by atoms with van der Waals surface area (Å²) in [7, 11) is 0. The fourth-order valence-corrected chi connectivity index (χ4v) is 3.28. The van der Waals surface area contributed by atoms with Gasteiger partial charge >= 0.3 is 0 Å². The van der Waals surface area contributed by atoms with Crippen molar-refractivity contribution < 1.29 is 65.4 Å². The molecule has 0 spiro atoms. The Morgan fingerprint density at radius 3 is 1.61 bits per heavy atom. The molecule has 5 aromatic carbocycles. The molecule has 5 aromatic rings. The summed E-state index contributed by atoms with van der Waals surface area (Å²) in [5.41, 5.74) is 4.22. The van der Waals surface area contributed by atoms with Crippen molar-refractivity contribution >= 4 is 21.5 Å². The van der Waals surface area contributed by atoms with Crippen LogP contribution in [-0.2, 0) is 65.4 Å². The zero-order valence-electron chi connectivity index (χ0n) is 15.2. The first-order valence-electron chi connectivity index (χ1n) is 8.62.